The van der Waals surface area contributed by atoms with Crippen LogP contribution in [0.3, 0.4) is 0 Å². The highest BCUT2D eigenvalue weighted by Gasteiger charge is 2.35. The third kappa shape index (κ3) is 5.45. The predicted octanol–water partition coefficient (Wildman–Crippen LogP) is 4.42. The molecule has 0 radical (unpaired) electrons. The van der Waals surface area contributed by atoms with Crippen molar-refractivity contribution in [1.82, 2.24) is 4.90 Å². The first-order valence-electron chi connectivity index (χ1n) is 9.63. The summed E-state index contributed by atoms with van der Waals surface area (Å²) in [5, 5.41) is 3.21. The van der Waals surface area contributed by atoms with Gasteiger partial charge in [0.15, 0.2) is 5.17 Å². The van der Waals surface area contributed by atoms with Gasteiger partial charge in [-0.15, -0.1) is 0 Å². The van der Waals surface area contributed by atoms with Crippen molar-refractivity contribution in [2.45, 2.75) is 25.5 Å². The van der Waals surface area contributed by atoms with Crippen molar-refractivity contribution in [1.29, 1.82) is 0 Å². The number of rotatable bonds is 5. The number of aryl methyl sites for hydroxylation is 1. The molecular weight excluding hydrogens is 438 g/mol. The molecule has 1 atom stereocenters. The maximum absolute atomic E-state index is 12.8. The number of hydrogen-bond acceptors (Lipinski definition) is 6. The lowest BCUT2D eigenvalue weighted by atomic mass is 10.2. The summed E-state index contributed by atoms with van der Waals surface area (Å²) in [6.07, 6.45) is 0.0677. The van der Waals surface area contributed by atoms with Crippen molar-refractivity contribution in [2.75, 3.05) is 19.0 Å². The lowest BCUT2D eigenvalue weighted by Crippen LogP contribution is -2.45. The molecule has 1 N–H and O–H groups in total. The van der Waals surface area contributed by atoms with E-state index in [2.05, 4.69) is 15.0 Å². The number of halogens is 1. The number of nitrogens with one attached hydrogen (secondary N) is 1. The Hall–Kier alpha value is -2.84. The van der Waals surface area contributed by atoms with E-state index in [1.165, 1.54) is 18.9 Å². The Kier molecular flexibility index (Phi) is 7.35. The molecule has 3 rings (SSSR count). The van der Waals surface area contributed by atoms with Gasteiger partial charge < -0.3 is 10.1 Å². The third-order valence-electron chi connectivity index (χ3n) is 4.70. The number of benzene rings is 2. The number of hydrogen-bond donors (Lipinski definition) is 1. The minimum absolute atomic E-state index is 0.0677. The van der Waals surface area contributed by atoms with E-state index < -0.39 is 11.2 Å². The van der Waals surface area contributed by atoms with Gasteiger partial charge in [-0.25, -0.2) is 9.79 Å². The SMILES string of the molecule is CCN1C(=O)CC(C(=O)Nc2ccc(C(=O)OC)cc2)SC1=Nc1ccc(C)c(Cl)c1. The zero-order valence-electron chi connectivity index (χ0n) is 17.3. The Morgan fingerprint density at radius 3 is 2.58 bits per heavy atom. The molecule has 1 saturated heterocycles. The van der Waals surface area contributed by atoms with Crippen LogP contribution in [0.5, 0.6) is 0 Å². The molecule has 1 aliphatic heterocycles. The normalized spacial score (nSPS) is 17.5. The number of nitrogens with zero attached hydrogens (tertiary/aromatic N) is 2. The van der Waals surface area contributed by atoms with Gasteiger partial charge in [-0.1, -0.05) is 29.4 Å². The first kappa shape index (κ1) is 22.8. The molecule has 2 aromatic carbocycles. The lowest BCUT2D eigenvalue weighted by molar-refractivity contribution is -0.129. The van der Waals surface area contributed by atoms with Crippen LogP contribution in [0.2, 0.25) is 5.02 Å². The number of amidine groups is 1. The minimum atomic E-state index is -0.629. The van der Waals surface area contributed by atoms with Crippen LogP contribution in [0, 0.1) is 6.92 Å². The Morgan fingerprint density at radius 2 is 1.97 bits per heavy atom. The molecule has 9 heteroatoms. The minimum Gasteiger partial charge on any atom is -0.465 e. The highest BCUT2D eigenvalue weighted by atomic mass is 35.5. The van der Waals surface area contributed by atoms with E-state index in [4.69, 9.17) is 11.6 Å². The van der Waals surface area contributed by atoms with Crippen LogP contribution in [0.1, 0.15) is 29.3 Å². The van der Waals surface area contributed by atoms with E-state index in [0.29, 0.717) is 33.7 Å². The molecule has 31 heavy (non-hydrogen) atoms. The molecule has 0 saturated carbocycles. The van der Waals surface area contributed by atoms with E-state index >= 15 is 0 Å². The topological polar surface area (TPSA) is 88.1 Å². The zero-order chi connectivity index (χ0) is 22.5. The van der Waals surface area contributed by atoms with Crippen LogP contribution >= 0.6 is 23.4 Å². The largest absolute Gasteiger partial charge is 0.465 e. The first-order valence-corrected chi connectivity index (χ1v) is 10.9. The summed E-state index contributed by atoms with van der Waals surface area (Å²) in [4.78, 5) is 43.1. The van der Waals surface area contributed by atoms with E-state index in [9.17, 15) is 14.4 Å². The van der Waals surface area contributed by atoms with E-state index in [1.54, 1.807) is 35.2 Å². The van der Waals surface area contributed by atoms with Crippen molar-refractivity contribution in [2.24, 2.45) is 4.99 Å². The molecule has 2 amide bonds. The monoisotopic (exact) mass is 459 g/mol. The van der Waals surface area contributed by atoms with Gasteiger partial charge >= 0.3 is 5.97 Å². The molecule has 1 heterocycles. The van der Waals surface area contributed by atoms with Crippen LogP contribution in [-0.4, -0.2) is 46.8 Å². The second-order valence-corrected chi connectivity index (χ2v) is 8.41. The van der Waals surface area contributed by atoms with Crippen LogP contribution in [0.25, 0.3) is 0 Å². The van der Waals surface area contributed by atoms with Gasteiger partial charge in [-0.2, -0.15) is 0 Å². The molecule has 0 bridgehead atoms. The van der Waals surface area contributed by atoms with Crippen molar-refractivity contribution in [3.63, 3.8) is 0 Å². The predicted molar refractivity (Wildman–Crippen MR) is 123 cm³/mol. The van der Waals surface area contributed by atoms with Crippen LogP contribution in [0.4, 0.5) is 11.4 Å². The lowest BCUT2D eigenvalue weighted by Gasteiger charge is -2.31. The number of aliphatic imine (C=N–C) groups is 1. The number of anilines is 1. The number of carbonyl (C=O) groups excluding carboxylic acids is 3. The molecule has 2 aromatic rings. The van der Waals surface area contributed by atoms with Crippen LogP contribution in [0.15, 0.2) is 47.5 Å². The molecule has 0 aromatic heterocycles. The van der Waals surface area contributed by atoms with Crippen molar-refractivity contribution < 1.29 is 19.1 Å². The number of methoxy groups -OCH3 is 1. The fourth-order valence-electron chi connectivity index (χ4n) is 2.94. The van der Waals surface area contributed by atoms with Gasteiger partial charge in [0, 0.05) is 23.7 Å². The molecular formula is C22H22ClN3O4S. The van der Waals surface area contributed by atoms with E-state index in [-0.39, 0.29) is 18.2 Å². The standard InChI is InChI=1S/C22H22ClN3O4S/c1-4-26-19(27)12-18(31-22(26)25-16-8-5-13(2)17(23)11-16)20(28)24-15-9-6-14(7-10-15)21(29)30-3/h5-11,18H,4,12H2,1-3H3,(H,24,28). The van der Waals surface area contributed by atoms with Gasteiger partial charge in [0.25, 0.3) is 0 Å². The summed E-state index contributed by atoms with van der Waals surface area (Å²) in [7, 11) is 1.30. The molecule has 1 fully saturated rings. The highest BCUT2D eigenvalue weighted by Crippen LogP contribution is 2.31. The maximum Gasteiger partial charge on any atom is 0.337 e. The molecule has 0 spiro atoms. The molecule has 162 valence electrons. The summed E-state index contributed by atoms with van der Waals surface area (Å²) in [6.45, 7) is 4.21. The van der Waals surface area contributed by atoms with Crippen molar-refractivity contribution >= 4 is 57.7 Å². The van der Waals surface area contributed by atoms with Gasteiger partial charge in [-0.05, 0) is 55.8 Å². The number of thioether (sulfide) groups is 1. The number of amides is 2. The number of esters is 1. The first-order chi connectivity index (χ1) is 14.8. The molecule has 1 unspecified atom stereocenters. The van der Waals surface area contributed by atoms with Crippen LogP contribution in [-0.2, 0) is 14.3 Å². The summed E-state index contributed by atoms with van der Waals surface area (Å²) in [5.74, 6) is -0.933. The quantitative estimate of drug-likeness (QED) is 0.669. The average Bonchev–Trinajstić information content (AvgIpc) is 2.76. The average molecular weight is 460 g/mol. The number of carbonyl (C=O) groups is 3. The molecule has 1 aliphatic rings. The Morgan fingerprint density at radius 1 is 1.26 bits per heavy atom. The summed E-state index contributed by atoms with van der Waals surface area (Å²) >= 11 is 7.43. The second-order valence-electron chi connectivity index (χ2n) is 6.83. The number of ether oxygens (including phenoxy) is 1. The summed E-state index contributed by atoms with van der Waals surface area (Å²) in [5.41, 5.74) is 2.45. The van der Waals surface area contributed by atoms with E-state index in [1.807, 2.05) is 26.0 Å². The highest BCUT2D eigenvalue weighted by molar-refractivity contribution is 8.15. The Labute approximate surface area is 189 Å². The third-order valence-corrected chi connectivity index (χ3v) is 6.30. The van der Waals surface area contributed by atoms with Gasteiger partial charge in [0.05, 0.1) is 18.4 Å². The summed E-state index contributed by atoms with van der Waals surface area (Å²) < 4.78 is 4.67. The van der Waals surface area contributed by atoms with Crippen molar-refractivity contribution in [3.8, 4) is 0 Å². The Balaban J connectivity index is 1.77. The Bertz CT molecular complexity index is 1040. The smallest absolute Gasteiger partial charge is 0.337 e. The fourth-order valence-corrected chi connectivity index (χ4v) is 4.28. The van der Waals surface area contributed by atoms with Crippen molar-refractivity contribution in [3.05, 3.63) is 58.6 Å². The second kappa shape index (κ2) is 9.98. The van der Waals surface area contributed by atoms with Gasteiger partial charge in [0.1, 0.15) is 5.25 Å². The maximum atomic E-state index is 12.8. The van der Waals surface area contributed by atoms with Crippen LogP contribution < -0.4 is 5.32 Å². The molecule has 0 aliphatic carbocycles. The van der Waals surface area contributed by atoms with E-state index in [0.717, 1.165) is 5.56 Å². The molecule has 7 nitrogen and oxygen atoms in total. The van der Waals surface area contributed by atoms with Gasteiger partial charge in [-0.3, -0.25) is 14.5 Å². The summed E-state index contributed by atoms with van der Waals surface area (Å²) in [6, 6.07) is 11.8. The fraction of sp³-hybridized carbons (Fsp3) is 0.273. The van der Waals surface area contributed by atoms with Gasteiger partial charge in [0.2, 0.25) is 11.8 Å². The zero-order valence-corrected chi connectivity index (χ0v) is 18.9.